The lowest BCUT2D eigenvalue weighted by atomic mass is 10.2. The molecule has 186 valence electrons. The van der Waals surface area contributed by atoms with Crippen LogP contribution in [-0.2, 0) is 6.18 Å². The molecule has 2 N–H and O–H groups in total. The summed E-state index contributed by atoms with van der Waals surface area (Å²) in [5, 5.41) is 15.8. The van der Waals surface area contributed by atoms with Crippen LogP contribution in [0.4, 0.5) is 23.4 Å². The summed E-state index contributed by atoms with van der Waals surface area (Å²) in [5.74, 6) is -4.10. The maximum atomic E-state index is 14.0. The number of amides is 1. The number of hydrogen-bond donors (Lipinski definition) is 2. The molecule has 0 atom stereocenters. The topological polar surface area (TPSA) is 111 Å². The summed E-state index contributed by atoms with van der Waals surface area (Å²) in [6, 6.07) is 9.53. The number of carboxylic acids is 1. The molecule has 0 fully saturated rings. The third-order valence-corrected chi connectivity index (χ3v) is 5.15. The number of carbonyl (C=O) groups is 2. The van der Waals surface area contributed by atoms with Gasteiger partial charge in [-0.15, -0.1) is 0 Å². The van der Waals surface area contributed by atoms with Crippen molar-refractivity contribution in [2.24, 2.45) is 0 Å². The van der Waals surface area contributed by atoms with Crippen LogP contribution in [0.2, 0.25) is 5.02 Å². The quantitative estimate of drug-likeness (QED) is 0.350. The molecule has 1 amide bonds. The van der Waals surface area contributed by atoms with Gasteiger partial charge in [-0.25, -0.2) is 13.9 Å². The van der Waals surface area contributed by atoms with Crippen LogP contribution >= 0.6 is 11.6 Å². The van der Waals surface area contributed by atoms with Crippen molar-refractivity contribution in [2.45, 2.75) is 6.18 Å². The Morgan fingerprint density at radius 2 is 1.67 bits per heavy atom. The Kier molecular flexibility index (Phi) is 6.41. The van der Waals surface area contributed by atoms with Gasteiger partial charge in [0.2, 0.25) is 0 Å². The van der Waals surface area contributed by atoms with Crippen molar-refractivity contribution in [2.75, 3.05) is 12.4 Å². The highest BCUT2D eigenvalue weighted by atomic mass is 35.5. The molecular weight excluding hydrogens is 510 g/mol. The van der Waals surface area contributed by atoms with Crippen LogP contribution in [-0.4, -0.2) is 43.4 Å². The number of aromatic nitrogens is 4. The van der Waals surface area contributed by atoms with Gasteiger partial charge in [-0.1, -0.05) is 11.6 Å². The highest BCUT2D eigenvalue weighted by Crippen LogP contribution is 2.35. The Bertz CT molecular complexity index is 1450. The first-order chi connectivity index (χ1) is 17.0. The number of alkyl halides is 3. The van der Waals surface area contributed by atoms with Crippen LogP contribution in [0.5, 0.6) is 6.01 Å². The summed E-state index contributed by atoms with van der Waals surface area (Å²) >= 11 is 5.79. The van der Waals surface area contributed by atoms with E-state index in [0.29, 0.717) is 10.9 Å². The van der Waals surface area contributed by atoms with Gasteiger partial charge in [0, 0.05) is 5.02 Å². The van der Waals surface area contributed by atoms with Crippen molar-refractivity contribution in [1.29, 1.82) is 0 Å². The number of carboxylic acid groups (broad SMARTS) is 1. The fraction of sp³-hybridized carbons (Fsp3) is 0.0909. The smallest absolute Gasteiger partial charge is 0.434 e. The number of nitrogens with one attached hydrogen (secondary N) is 1. The van der Waals surface area contributed by atoms with Crippen LogP contribution in [0, 0.1) is 5.82 Å². The van der Waals surface area contributed by atoms with Gasteiger partial charge in [0.15, 0.2) is 17.2 Å². The van der Waals surface area contributed by atoms with E-state index in [0.717, 1.165) is 23.8 Å². The Morgan fingerprint density at radius 1 is 1.06 bits per heavy atom. The summed E-state index contributed by atoms with van der Waals surface area (Å²) in [5.41, 5.74) is -2.82. The molecule has 4 rings (SSSR count). The van der Waals surface area contributed by atoms with Gasteiger partial charge < -0.3 is 15.2 Å². The van der Waals surface area contributed by atoms with E-state index < -0.39 is 46.6 Å². The molecule has 2 aromatic carbocycles. The largest absolute Gasteiger partial charge is 0.476 e. The molecule has 0 radical (unpaired) electrons. The number of benzene rings is 2. The molecule has 4 aromatic rings. The average Bonchev–Trinajstić information content (AvgIpc) is 3.42. The lowest BCUT2D eigenvalue weighted by Gasteiger charge is -2.13. The molecule has 36 heavy (non-hydrogen) atoms. The summed E-state index contributed by atoms with van der Waals surface area (Å²) < 4.78 is 61.8. The van der Waals surface area contributed by atoms with Crippen molar-refractivity contribution in [3.63, 3.8) is 0 Å². The second-order valence-corrected chi connectivity index (χ2v) is 7.60. The Hall–Kier alpha value is -4.39. The number of rotatable bonds is 6. The van der Waals surface area contributed by atoms with E-state index in [1.807, 2.05) is 0 Å². The fourth-order valence-electron chi connectivity index (χ4n) is 3.39. The van der Waals surface area contributed by atoms with E-state index >= 15 is 0 Å². The Labute approximate surface area is 204 Å². The second kappa shape index (κ2) is 9.34. The van der Waals surface area contributed by atoms with E-state index in [9.17, 15) is 32.3 Å². The molecule has 0 saturated heterocycles. The average molecular weight is 524 g/mol. The van der Waals surface area contributed by atoms with Gasteiger partial charge in [0.25, 0.3) is 5.91 Å². The van der Waals surface area contributed by atoms with E-state index in [2.05, 4.69) is 15.4 Å². The number of halogens is 5. The molecule has 2 aromatic heterocycles. The molecule has 0 aliphatic heterocycles. The lowest BCUT2D eigenvalue weighted by molar-refractivity contribution is -0.143. The van der Waals surface area contributed by atoms with E-state index in [4.69, 9.17) is 16.3 Å². The number of carbonyl (C=O) groups excluding carboxylic acids is 1. The minimum absolute atomic E-state index is 0.0146. The lowest BCUT2D eigenvalue weighted by Crippen LogP contribution is -2.22. The zero-order valence-electron chi connectivity index (χ0n) is 18.0. The summed E-state index contributed by atoms with van der Waals surface area (Å²) in [6.45, 7) is 0. The number of methoxy groups -OCH3 is 1. The van der Waals surface area contributed by atoms with Crippen molar-refractivity contribution in [1.82, 2.24) is 19.3 Å². The second-order valence-electron chi connectivity index (χ2n) is 7.16. The van der Waals surface area contributed by atoms with E-state index in [-0.39, 0.29) is 22.4 Å². The molecule has 0 aliphatic rings. The minimum Gasteiger partial charge on any atom is -0.476 e. The Balaban J connectivity index is 1.79. The molecule has 0 unspecified atom stereocenters. The van der Waals surface area contributed by atoms with E-state index in [1.54, 1.807) is 0 Å². The number of hydrogen-bond acceptors (Lipinski definition) is 5. The maximum Gasteiger partial charge on any atom is 0.434 e. The van der Waals surface area contributed by atoms with E-state index in [1.165, 1.54) is 36.4 Å². The first-order valence-electron chi connectivity index (χ1n) is 9.89. The third-order valence-electron chi connectivity index (χ3n) is 4.90. The molecule has 14 heteroatoms. The third kappa shape index (κ3) is 4.60. The maximum absolute atomic E-state index is 14.0. The van der Waals surface area contributed by atoms with Gasteiger partial charge in [-0.05, 0) is 48.5 Å². The van der Waals surface area contributed by atoms with Crippen molar-refractivity contribution in [3.8, 4) is 17.4 Å². The minimum atomic E-state index is -5.01. The van der Waals surface area contributed by atoms with Crippen LogP contribution in [0.3, 0.4) is 0 Å². The van der Waals surface area contributed by atoms with Gasteiger partial charge in [-0.3, -0.25) is 9.36 Å². The summed E-state index contributed by atoms with van der Waals surface area (Å²) in [7, 11) is 1.16. The molecule has 0 spiro atoms. The van der Waals surface area contributed by atoms with Crippen molar-refractivity contribution < 1.29 is 37.0 Å². The SMILES string of the molecule is COc1nc(NC(=O)c2cnn(-c3ccc(Cl)cc3)c2C(F)(F)F)c(C(=O)O)n1-c1ccc(F)cc1. The normalized spacial score (nSPS) is 11.4. The monoisotopic (exact) mass is 523 g/mol. The first-order valence-corrected chi connectivity index (χ1v) is 10.3. The van der Waals surface area contributed by atoms with Crippen LogP contribution in [0.15, 0.2) is 54.7 Å². The molecule has 0 bridgehead atoms. The molecule has 9 nitrogen and oxygen atoms in total. The van der Waals surface area contributed by atoms with Crippen molar-refractivity contribution >= 4 is 29.3 Å². The summed E-state index contributed by atoms with van der Waals surface area (Å²) in [6.07, 6.45) is -4.31. The Morgan fingerprint density at radius 3 is 2.22 bits per heavy atom. The molecular formula is C22H14ClF4N5O4. The number of imidazole rings is 1. The predicted molar refractivity (Wildman–Crippen MR) is 119 cm³/mol. The zero-order valence-corrected chi connectivity index (χ0v) is 18.8. The van der Waals surface area contributed by atoms with Gasteiger partial charge in [0.1, 0.15) is 5.82 Å². The van der Waals surface area contributed by atoms with Crippen LogP contribution in [0.1, 0.15) is 26.5 Å². The molecule has 0 saturated carbocycles. The van der Waals surface area contributed by atoms with Gasteiger partial charge >= 0.3 is 18.2 Å². The number of ether oxygens (including phenoxy) is 1. The number of anilines is 1. The molecule has 0 aliphatic carbocycles. The van der Waals surface area contributed by atoms with Crippen LogP contribution < -0.4 is 10.1 Å². The predicted octanol–water partition coefficient (Wildman–Crippen LogP) is 4.83. The standard InChI is InChI=1S/C22H14ClF4N5O4/c1-36-21-30-18(16(20(34)35)31(21)13-8-4-12(24)5-9-13)29-19(33)15-10-28-32(17(15)22(25,26)27)14-6-2-11(23)3-7-14/h2-10H,1H3,(H,29,33)(H,34,35). The number of aromatic carboxylic acids is 1. The van der Waals surface area contributed by atoms with Crippen LogP contribution in [0.25, 0.3) is 11.4 Å². The highest BCUT2D eigenvalue weighted by molar-refractivity contribution is 6.30. The zero-order chi connectivity index (χ0) is 26.2. The van der Waals surface area contributed by atoms with Crippen molar-refractivity contribution in [3.05, 3.63) is 82.5 Å². The number of nitrogens with zero attached hydrogens (tertiary/aromatic N) is 4. The van der Waals surface area contributed by atoms with Gasteiger partial charge in [0.05, 0.1) is 30.2 Å². The fourth-order valence-corrected chi connectivity index (χ4v) is 3.52. The summed E-state index contributed by atoms with van der Waals surface area (Å²) in [4.78, 5) is 28.8. The first kappa shape index (κ1) is 24.7. The highest BCUT2D eigenvalue weighted by Gasteiger charge is 2.41. The van der Waals surface area contributed by atoms with Gasteiger partial charge in [-0.2, -0.15) is 23.3 Å². The molecule has 2 heterocycles.